The molecular formula is C28H46O3. The average molecular weight is 431 g/mol. The molecule has 0 bridgehead atoms. The van der Waals surface area contributed by atoms with Gasteiger partial charge in [-0.3, -0.25) is 0 Å². The molecule has 1 aromatic rings. The molecule has 2 aliphatic carbocycles. The van der Waals surface area contributed by atoms with E-state index in [0.29, 0.717) is 5.75 Å². The van der Waals surface area contributed by atoms with E-state index >= 15 is 0 Å². The third kappa shape index (κ3) is 6.80. The summed E-state index contributed by atoms with van der Waals surface area (Å²) in [5.41, 5.74) is -0.242. The van der Waals surface area contributed by atoms with Gasteiger partial charge in [0.2, 0.25) is 5.75 Å². The molecule has 176 valence electrons. The quantitative estimate of drug-likeness (QED) is 0.337. The van der Waals surface area contributed by atoms with E-state index in [9.17, 15) is 5.11 Å². The van der Waals surface area contributed by atoms with Crippen LogP contribution in [0.3, 0.4) is 0 Å². The summed E-state index contributed by atoms with van der Waals surface area (Å²) in [6.07, 6.45) is 21.5. The minimum Gasteiger partial charge on any atom is -0.504 e. The summed E-state index contributed by atoms with van der Waals surface area (Å²) in [7, 11) is 0. The van der Waals surface area contributed by atoms with Crippen LogP contribution in [-0.4, -0.2) is 16.3 Å². The smallest absolute Gasteiger partial charge is 0.203 e. The summed E-state index contributed by atoms with van der Waals surface area (Å²) in [6.45, 7) is 4.52. The highest BCUT2D eigenvalue weighted by molar-refractivity contribution is 5.51. The van der Waals surface area contributed by atoms with E-state index < -0.39 is 0 Å². The van der Waals surface area contributed by atoms with Gasteiger partial charge in [0.1, 0.15) is 11.2 Å². The molecule has 3 nitrogen and oxygen atoms in total. The lowest BCUT2D eigenvalue weighted by Crippen LogP contribution is -2.40. The van der Waals surface area contributed by atoms with Crippen molar-refractivity contribution < 1.29 is 14.6 Å². The van der Waals surface area contributed by atoms with Crippen LogP contribution in [0.25, 0.3) is 0 Å². The maximum atomic E-state index is 10.8. The van der Waals surface area contributed by atoms with Crippen molar-refractivity contribution in [2.24, 2.45) is 0 Å². The zero-order valence-electron chi connectivity index (χ0n) is 20.2. The van der Waals surface area contributed by atoms with Crippen molar-refractivity contribution in [2.75, 3.05) is 0 Å². The average Bonchev–Trinajstić information content (AvgIpc) is 2.78. The Hall–Kier alpha value is -1.38. The summed E-state index contributed by atoms with van der Waals surface area (Å²) in [4.78, 5) is 0. The van der Waals surface area contributed by atoms with Crippen LogP contribution in [-0.2, 0) is 0 Å². The van der Waals surface area contributed by atoms with Crippen LogP contribution in [0.15, 0.2) is 18.2 Å². The van der Waals surface area contributed by atoms with Gasteiger partial charge in [0.15, 0.2) is 11.5 Å². The Bertz CT molecular complexity index is 642. The van der Waals surface area contributed by atoms with Gasteiger partial charge in [-0.25, -0.2) is 0 Å². The van der Waals surface area contributed by atoms with Crippen LogP contribution in [0.1, 0.15) is 129 Å². The van der Waals surface area contributed by atoms with Crippen molar-refractivity contribution in [2.45, 2.75) is 141 Å². The molecule has 0 aliphatic heterocycles. The zero-order chi connectivity index (χ0) is 22.0. The number of hydrogen-bond acceptors (Lipinski definition) is 3. The first kappa shape index (κ1) is 24.3. The normalized spacial score (nSPS) is 20.3. The van der Waals surface area contributed by atoms with Crippen molar-refractivity contribution in [1.29, 1.82) is 0 Å². The number of para-hydroxylation sites is 1. The van der Waals surface area contributed by atoms with Gasteiger partial charge in [0.25, 0.3) is 0 Å². The minimum atomic E-state index is -0.147. The number of phenolic OH excluding ortho intramolecular Hbond substituents is 1. The van der Waals surface area contributed by atoms with Gasteiger partial charge in [-0.1, -0.05) is 58.4 Å². The SMILES string of the molecule is CCCCCC1(Oc2cccc(O)c2OC2(CCCCC)CCCCC2)CCCCC1. The first-order valence-electron chi connectivity index (χ1n) is 13.3. The van der Waals surface area contributed by atoms with Crippen molar-refractivity contribution in [1.82, 2.24) is 0 Å². The second kappa shape index (κ2) is 12.0. The molecule has 2 aliphatic rings. The molecule has 0 unspecified atom stereocenters. The van der Waals surface area contributed by atoms with Gasteiger partial charge in [-0.2, -0.15) is 0 Å². The Morgan fingerprint density at radius 1 is 0.710 bits per heavy atom. The Balaban J connectivity index is 1.82. The number of rotatable bonds is 12. The first-order valence-corrected chi connectivity index (χ1v) is 13.3. The molecule has 0 heterocycles. The molecule has 0 spiro atoms. The molecule has 3 heteroatoms. The Morgan fingerprint density at radius 2 is 1.23 bits per heavy atom. The van der Waals surface area contributed by atoms with Gasteiger partial charge in [-0.15, -0.1) is 0 Å². The monoisotopic (exact) mass is 430 g/mol. The van der Waals surface area contributed by atoms with E-state index in [1.54, 1.807) is 6.07 Å². The number of ether oxygens (including phenoxy) is 2. The molecule has 2 fully saturated rings. The summed E-state index contributed by atoms with van der Waals surface area (Å²) in [5.74, 6) is 1.60. The van der Waals surface area contributed by atoms with Crippen LogP contribution in [0, 0.1) is 0 Å². The summed E-state index contributed by atoms with van der Waals surface area (Å²) in [6, 6.07) is 5.69. The maximum absolute atomic E-state index is 10.8. The first-order chi connectivity index (χ1) is 15.1. The van der Waals surface area contributed by atoms with Crippen LogP contribution in [0.5, 0.6) is 17.2 Å². The largest absolute Gasteiger partial charge is 0.504 e. The molecule has 0 atom stereocenters. The van der Waals surface area contributed by atoms with E-state index in [2.05, 4.69) is 13.8 Å². The van der Waals surface area contributed by atoms with Crippen LogP contribution >= 0.6 is 0 Å². The van der Waals surface area contributed by atoms with Gasteiger partial charge in [-0.05, 0) is 89.2 Å². The molecule has 1 aromatic carbocycles. The Morgan fingerprint density at radius 3 is 1.74 bits per heavy atom. The Kier molecular flexibility index (Phi) is 9.41. The third-order valence-corrected chi connectivity index (χ3v) is 7.60. The summed E-state index contributed by atoms with van der Waals surface area (Å²) >= 11 is 0. The standard InChI is InChI=1S/C28H46O3/c1-3-5-9-18-27(20-11-7-12-21-27)30-25-17-15-16-24(29)26(25)31-28(19-10-6-4-2)22-13-8-14-23-28/h15-17,29H,3-14,18-23H2,1-2H3. The maximum Gasteiger partial charge on any atom is 0.203 e. The highest BCUT2D eigenvalue weighted by atomic mass is 16.5. The Labute approximate surface area is 190 Å². The van der Waals surface area contributed by atoms with Crippen molar-refractivity contribution >= 4 is 0 Å². The fourth-order valence-corrected chi connectivity index (χ4v) is 5.73. The van der Waals surface area contributed by atoms with Crippen molar-refractivity contribution in [3.05, 3.63) is 18.2 Å². The van der Waals surface area contributed by atoms with E-state index in [1.807, 2.05) is 12.1 Å². The van der Waals surface area contributed by atoms with Crippen molar-refractivity contribution in [3.63, 3.8) is 0 Å². The highest BCUT2D eigenvalue weighted by Crippen LogP contribution is 2.47. The second-order valence-corrected chi connectivity index (χ2v) is 10.2. The zero-order valence-corrected chi connectivity index (χ0v) is 20.2. The fraction of sp³-hybridized carbons (Fsp3) is 0.786. The number of phenols is 1. The van der Waals surface area contributed by atoms with Gasteiger partial charge >= 0.3 is 0 Å². The van der Waals surface area contributed by atoms with E-state index in [0.717, 1.165) is 44.3 Å². The number of benzene rings is 1. The van der Waals surface area contributed by atoms with Crippen LogP contribution in [0.2, 0.25) is 0 Å². The molecule has 0 aromatic heterocycles. The number of aromatic hydroxyl groups is 1. The lowest BCUT2D eigenvalue weighted by molar-refractivity contribution is -0.00571. The lowest BCUT2D eigenvalue weighted by Gasteiger charge is -2.41. The van der Waals surface area contributed by atoms with E-state index in [1.165, 1.54) is 77.0 Å². The molecule has 0 radical (unpaired) electrons. The predicted molar refractivity (Wildman–Crippen MR) is 129 cm³/mol. The highest BCUT2D eigenvalue weighted by Gasteiger charge is 2.38. The van der Waals surface area contributed by atoms with Crippen molar-refractivity contribution in [3.8, 4) is 17.2 Å². The molecule has 31 heavy (non-hydrogen) atoms. The topological polar surface area (TPSA) is 38.7 Å². The molecule has 0 saturated heterocycles. The van der Waals surface area contributed by atoms with Crippen LogP contribution in [0.4, 0.5) is 0 Å². The molecule has 2 saturated carbocycles. The fourth-order valence-electron chi connectivity index (χ4n) is 5.73. The van der Waals surface area contributed by atoms with Gasteiger partial charge in [0.05, 0.1) is 0 Å². The molecule has 3 rings (SSSR count). The number of hydrogen-bond donors (Lipinski definition) is 1. The van der Waals surface area contributed by atoms with Gasteiger partial charge in [0, 0.05) is 0 Å². The third-order valence-electron chi connectivity index (χ3n) is 7.60. The van der Waals surface area contributed by atoms with E-state index in [-0.39, 0.29) is 17.0 Å². The minimum absolute atomic E-state index is 0.0960. The molecular weight excluding hydrogens is 384 g/mol. The summed E-state index contributed by atoms with van der Waals surface area (Å²) < 4.78 is 13.6. The summed E-state index contributed by atoms with van der Waals surface area (Å²) in [5, 5.41) is 10.8. The number of unbranched alkanes of at least 4 members (excludes halogenated alkanes) is 4. The lowest BCUT2D eigenvalue weighted by atomic mass is 9.80. The van der Waals surface area contributed by atoms with Gasteiger partial charge < -0.3 is 14.6 Å². The van der Waals surface area contributed by atoms with E-state index in [4.69, 9.17) is 9.47 Å². The van der Waals surface area contributed by atoms with Crippen LogP contribution < -0.4 is 9.47 Å². The predicted octanol–water partition coefficient (Wildman–Crippen LogP) is 8.72. The molecule has 1 N–H and O–H groups in total. The second-order valence-electron chi connectivity index (χ2n) is 10.2. The molecule has 0 amide bonds.